The lowest BCUT2D eigenvalue weighted by atomic mass is 10.1. The summed E-state index contributed by atoms with van der Waals surface area (Å²) in [5, 5.41) is 3.59. The highest BCUT2D eigenvalue weighted by Gasteiger charge is 2.15. The molecule has 0 bridgehead atoms. The van der Waals surface area contributed by atoms with Crippen LogP contribution in [0.25, 0.3) is 0 Å². The van der Waals surface area contributed by atoms with Crippen molar-refractivity contribution in [3.8, 4) is 0 Å². The summed E-state index contributed by atoms with van der Waals surface area (Å²) >= 11 is 3.60. The van der Waals surface area contributed by atoms with Gasteiger partial charge in [0.1, 0.15) is 0 Å². The Balaban J connectivity index is 2.10. The molecule has 0 radical (unpaired) electrons. The molecule has 1 fully saturated rings. The van der Waals surface area contributed by atoms with Gasteiger partial charge in [0.15, 0.2) is 0 Å². The number of hydrogen-bond donors (Lipinski definition) is 1. The third-order valence-corrected chi connectivity index (χ3v) is 3.64. The Labute approximate surface area is 89.5 Å². The van der Waals surface area contributed by atoms with E-state index in [0.717, 1.165) is 19.8 Å². The molecular weight excluding hydrogens is 230 g/mol. The fourth-order valence-electron chi connectivity index (χ4n) is 1.42. The maximum atomic E-state index is 5.30. The molecule has 1 saturated heterocycles. The minimum absolute atomic E-state index is 0.597. The van der Waals surface area contributed by atoms with Gasteiger partial charge >= 0.3 is 0 Å². The molecule has 1 heterocycles. The minimum atomic E-state index is 0.597. The van der Waals surface area contributed by atoms with E-state index in [1.165, 1.54) is 12.8 Å². The van der Waals surface area contributed by atoms with Crippen molar-refractivity contribution < 1.29 is 4.74 Å². The Morgan fingerprint density at radius 2 is 2.00 bits per heavy atom. The molecule has 1 rings (SSSR count). The van der Waals surface area contributed by atoms with Gasteiger partial charge in [-0.05, 0) is 25.3 Å². The van der Waals surface area contributed by atoms with Crippen LogP contribution in [-0.2, 0) is 4.74 Å². The van der Waals surface area contributed by atoms with Gasteiger partial charge in [0, 0.05) is 24.1 Å². The molecular formula is C10H20BrNO. The summed E-state index contributed by atoms with van der Waals surface area (Å²) in [6.07, 6.45) is 2.34. The monoisotopic (exact) mass is 249 g/mol. The average molecular weight is 250 g/mol. The quantitative estimate of drug-likeness (QED) is 0.772. The standard InChI is InChI=1S/C10H20BrNO/c1-8(9(2)11)7-12-10-3-5-13-6-4-10/h8-10,12H,3-7H2,1-2H3/t8?,9-/m0/s1. The Hall–Kier alpha value is 0.400. The summed E-state index contributed by atoms with van der Waals surface area (Å²) in [4.78, 5) is 0.597. The van der Waals surface area contributed by atoms with Crippen LogP contribution in [0.5, 0.6) is 0 Å². The molecule has 1 unspecified atom stereocenters. The van der Waals surface area contributed by atoms with Crippen LogP contribution < -0.4 is 5.32 Å². The number of rotatable bonds is 4. The molecule has 3 heteroatoms. The first-order chi connectivity index (χ1) is 6.20. The first kappa shape index (κ1) is 11.5. The van der Waals surface area contributed by atoms with Crippen molar-refractivity contribution >= 4 is 15.9 Å². The van der Waals surface area contributed by atoms with E-state index in [4.69, 9.17) is 4.74 Å². The second kappa shape index (κ2) is 5.99. The maximum Gasteiger partial charge on any atom is 0.0480 e. The molecule has 0 saturated carbocycles. The lowest BCUT2D eigenvalue weighted by Crippen LogP contribution is -2.38. The van der Waals surface area contributed by atoms with E-state index in [9.17, 15) is 0 Å². The second-order valence-corrected chi connectivity index (χ2v) is 5.39. The van der Waals surface area contributed by atoms with E-state index in [1.807, 2.05) is 0 Å². The molecule has 0 aliphatic carbocycles. The highest BCUT2D eigenvalue weighted by Crippen LogP contribution is 2.12. The summed E-state index contributed by atoms with van der Waals surface area (Å²) in [5.74, 6) is 0.697. The molecule has 2 nitrogen and oxygen atoms in total. The number of hydrogen-bond acceptors (Lipinski definition) is 2. The predicted octanol–water partition coefficient (Wildman–Crippen LogP) is 2.17. The highest BCUT2D eigenvalue weighted by molar-refractivity contribution is 9.09. The first-order valence-electron chi connectivity index (χ1n) is 5.15. The Bertz CT molecular complexity index is 135. The molecule has 2 atom stereocenters. The van der Waals surface area contributed by atoms with Crippen molar-refractivity contribution in [3.63, 3.8) is 0 Å². The van der Waals surface area contributed by atoms with Gasteiger partial charge < -0.3 is 10.1 Å². The van der Waals surface area contributed by atoms with E-state index < -0.39 is 0 Å². The first-order valence-corrected chi connectivity index (χ1v) is 6.07. The Kier molecular flexibility index (Phi) is 5.29. The van der Waals surface area contributed by atoms with Gasteiger partial charge in [-0.2, -0.15) is 0 Å². The lowest BCUT2D eigenvalue weighted by Gasteiger charge is -2.25. The normalized spacial score (nSPS) is 24.2. The molecule has 0 spiro atoms. The zero-order chi connectivity index (χ0) is 9.68. The zero-order valence-electron chi connectivity index (χ0n) is 8.55. The van der Waals surface area contributed by atoms with Gasteiger partial charge in [-0.25, -0.2) is 0 Å². The second-order valence-electron chi connectivity index (χ2n) is 3.95. The molecule has 1 aliphatic rings. The van der Waals surface area contributed by atoms with Crippen LogP contribution in [0.2, 0.25) is 0 Å². The SMILES string of the molecule is CC(CNC1CCOCC1)[C@H](C)Br. The summed E-state index contributed by atoms with van der Waals surface area (Å²) in [5.41, 5.74) is 0. The van der Waals surface area contributed by atoms with Gasteiger partial charge in [0.2, 0.25) is 0 Å². The molecule has 1 aliphatic heterocycles. The van der Waals surface area contributed by atoms with Crippen LogP contribution in [0, 0.1) is 5.92 Å². The van der Waals surface area contributed by atoms with Crippen molar-refractivity contribution in [1.29, 1.82) is 0 Å². The van der Waals surface area contributed by atoms with E-state index in [2.05, 4.69) is 35.1 Å². The number of alkyl halides is 1. The van der Waals surface area contributed by atoms with Crippen LogP contribution in [0.4, 0.5) is 0 Å². The van der Waals surface area contributed by atoms with Crippen molar-refractivity contribution in [2.24, 2.45) is 5.92 Å². The lowest BCUT2D eigenvalue weighted by molar-refractivity contribution is 0.0771. The molecule has 1 N–H and O–H groups in total. The average Bonchev–Trinajstić information content (AvgIpc) is 2.15. The minimum Gasteiger partial charge on any atom is -0.381 e. The number of nitrogens with one attached hydrogen (secondary N) is 1. The largest absolute Gasteiger partial charge is 0.381 e. The van der Waals surface area contributed by atoms with Gasteiger partial charge in [0.05, 0.1) is 0 Å². The van der Waals surface area contributed by atoms with Crippen molar-refractivity contribution in [2.75, 3.05) is 19.8 Å². The van der Waals surface area contributed by atoms with Crippen LogP contribution in [-0.4, -0.2) is 30.6 Å². The third kappa shape index (κ3) is 4.43. The van der Waals surface area contributed by atoms with E-state index in [0.29, 0.717) is 16.8 Å². The zero-order valence-corrected chi connectivity index (χ0v) is 10.1. The molecule has 13 heavy (non-hydrogen) atoms. The van der Waals surface area contributed by atoms with E-state index in [1.54, 1.807) is 0 Å². The van der Waals surface area contributed by atoms with Crippen LogP contribution >= 0.6 is 15.9 Å². The van der Waals surface area contributed by atoms with Crippen molar-refractivity contribution in [1.82, 2.24) is 5.32 Å². The molecule has 0 aromatic rings. The summed E-state index contributed by atoms with van der Waals surface area (Å²) in [6, 6.07) is 0.683. The number of halogens is 1. The van der Waals surface area contributed by atoms with Crippen molar-refractivity contribution in [3.05, 3.63) is 0 Å². The summed E-state index contributed by atoms with van der Waals surface area (Å²) in [7, 11) is 0. The topological polar surface area (TPSA) is 21.3 Å². The Morgan fingerprint density at radius 3 is 2.54 bits per heavy atom. The van der Waals surface area contributed by atoms with Crippen LogP contribution in [0.15, 0.2) is 0 Å². The highest BCUT2D eigenvalue weighted by atomic mass is 79.9. The van der Waals surface area contributed by atoms with Gasteiger partial charge in [-0.1, -0.05) is 29.8 Å². The van der Waals surface area contributed by atoms with Crippen LogP contribution in [0.1, 0.15) is 26.7 Å². The number of ether oxygens (including phenoxy) is 1. The van der Waals surface area contributed by atoms with E-state index in [-0.39, 0.29) is 0 Å². The smallest absolute Gasteiger partial charge is 0.0480 e. The van der Waals surface area contributed by atoms with Gasteiger partial charge in [-0.3, -0.25) is 0 Å². The van der Waals surface area contributed by atoms with Gasteiger partial charge in [0.25, 0.3) is 0 Å². The summed E-state index contributed by atoms with van der Waals surface area (Å²) < 4.78 is 5.30. The van der Waals surface area contributed by atoms with E-state index >= 15 is 0 Å². The molecule has 0 amide bonds. The third-order valence-electron chi connectivity index (χ3n) is 2.73. The van der Waals surface area contributed by atoms with Crippen LogP contribution in [0.3, 0.4) is 0 Å². The van der Waals surface area contributed by atoms with Gasteiger partial charge in [-0.15, -0.1) is 0 Å². The Morgan fingerprint density at radius 1 is 1.38 bits per heavy atom. The molecule has 0 aromatic carbocycles. The fraction of sp³-hybridized carbons (Fsp3) is 1.00. The molecule has 78 valence electrons. The predicted molar refractivity (Wildman–Crippen MR) is 59.4 cm³/mol. The maximum absolute atomic E-state index is 5.30. The molecule has 0 aromatic heterocycles. The van der Waals surface area contributed by atoms with Crippen molar-refractivity contribution in [2.45, 2.75) is 37.6 Å². The fourth-order valence-corrected chi connectivity index (χ4v) is 1.60. The summed E-state index contributed by atoms with van der Waals surface area (Å²) in [6.45, 7) is 7.44.